The summed E-state index contributed by atoms with van der Waals surface area (Å²) < 4.78 is 18.7. The van der Waals surface area contributed by atoms with E-state index in [4.69, 9.17) is 4.74 Å². The third-order valence-corrected chi connectivity index (χ3v) is 2.78. The maximum atomic E-state index is 13.5. The summed E-state index contributed by atoms with van der Waals surface area (Å²) in [5, 5.41) is 5.74. The van der Waals surface area contributed by atoms with Crippen LogP contribution in [0.5, 0.6) is 0 Å². The van der Waals surface area contributed by atoms with Gasteiger partial charge in [0.15, 0.2) is 0 Å². The molecule has 0 saturated heterocycles. The fourth-order valence-electron chi connectivity index (χ4n) is 1.69. The highest BCUT2D eigenvalue weighted by atomic mass is 19.1. The Morgan fingerprint density at radius 1 is 1.42 bits per heavy atom. The number of halogens is 1. The van der Waals surface area contributed by atoms with Gasteiger partial charge in [-0.15, -0.1) is 0 Å². The predicted molar refractivity (Wildman–Crippen MR) is 74.8 cm³/mol. The van der Waals surface area contributed by atoms with E-state index in [-0.39, 0.29) is 17.6 Å². The van der Waals surface area contributed by atoms with Crippen molar-refractivity contribution in [2.75, 3.05) is 24.4 Å². The van der Waals surface area contributed by atoms with Crippen molar-refractivity contribution >= 4 is 17.3 Å². The Bertz CT molecular complexity index is 435. The zero-order valence-electron chi connectivity index (χ0n) is 11.8. The number of rotatable bonds is 6. The Morgan fingerprint density at radius 2 is 2.11 bits per heavy atom. The SMILES string of the molecule is COCC(Nc1ccc(F)c(NC(C)=O)c1)C(C)C. The molecule has 1 atom stereocenters. The molecule has 0 aliphatic rings. The van der Waals surface area contributed by atoms with Crippen molar-refractivity contribution in [1.29, 1.82) is 0 Å². The molecule has 0 bridgehead atoms. The van der Waals surface area contributed by atoms with E-state index < -0.39 is 5.82 Å². The van der Waals surface area contributed by atoms with Crippen LogP contribution in [0, 0.1) is 11.7 Å². The quantitative estimate of drug-likeness (QED) is 0.834. The molecule has 5 heteroatoms. The Labute approximate surface area is 113 Å². The number of carbonyl (C=O) groups is 1. The van der Waals surface area contributed by atoms with Gasteiger partial charge in [0.2, 0.25) is 5.91 Å². The lowest BCUT2D eigenvalue weighted by atomic mass is 10.0. The van der Waals surface area contributed by atoms with E-state index in [2.05, 4.69) is 24.5 Å². The smallest absolute Gasteiger partial charge is 0.221 e. The number of anilines is 2. The number of ether oxygens (including phenoxy) is 1. The molecule has 0 fully saturated rings. The van der Waals surface area contributed by atoms with Crippen LogP contribution in [0.25, 0.3) is 0 Å². The Hall–Kier alpha value is -1.62. The Balaban J connectivity index is 2.85. The van der Waals surface area contributed by atoms with Gasteiger partial charge in [-0.25, -0.2) is 4.39 Å². The van der Waals surface area contributed by atoms with Crippen LogP contribution in [-0.2, 0) is 9.53 Å². The van der Waals surface area contributed by atoms with Crippen molar-refractivity contribution in [3.05, 3.63) is 24.0 Å². The van der Waals surface area contributed by atoms with Gasteiger partial charge in [0.1, 0.15) is 5.82 Å². The summed E-state index contributed by atoms with van der Waals surface area (Å²) in [6.45, 7) is 6.07. The molecule has 0 heterocycles. The standard InChI is InChI=1S/C14H21FN2O2/c1-9(2)14(8-19-4)17-11-5-6-12(15)13(7-11)16-10(3)18/h5-7,9,14,17H,8H2,1-4H3,(H,16,18). The third-order valence-electron chi connectivity index (χ3n) is 2.78. The van der Waals surface area contributed by atoms with Crippen molar-refractivity contribution < 1.29 is 13.9 Å². The lowest BCUT2D eigenvalue weighted by molar-refractivity contribution is -0.114. The van der Waals surface area contributed by atoms with Gasteiger partial charge in [0, 0.05) is 19.7 Å². The molecule has 1 aromatic carbocycles. The minimum Gasteiger partial charge on any atom is -0.383 e. The molecule has 0 aliphatic heterocycles. The topological polar surface area (TPSA) is 50.4 Å². The first-order chi connectivity index (χ1) is 8.93. The zero-order chi connectivity index (χ0) is 14.4. The molecule has 1 rings (SSSR count). The van der Waals surface area contributed by atoms with Gasteiger partial charge >= 0.3 is 0 Å². The van der Waals surface area contributed by atoms with Crippen molar-refractivity contribution in [3.8, 4) is 0 Å². The molecule has 106 valence electrons. The summed E-state index contributed by atoms with van der Waals surface area (Å²) in [7, 11) is 1.64. The molecule has 0 radical (unpaired) electrons. The van der Waals surface area contributed by atoms with E-state index in [1.165, 1.54) is 13.0 Å². The summed E-state index contributed by atoms with van der Waals surface area (Å²) in [5.74, 6) is -0.379. The average molecular weight is 268 g/mol. The second kappa shape index (κ2) is 7.09. The summed E-state index contributed by atoms with van der Waals surface area (Å²) in [6, 6.07) is 4.69. The van der Waals surface area contributed by atoms with E-state index in [0.29, 0.717) is 12.5 Å². The lowest BCUT2D eigenvalue weighted by Gasteiger charge is -2.23. The van der Waals surface area contributed by atoms with Crippen molar-refractivity contribution in [2.24, 2.45) is 5.92 Å². The van der Waals surface area contributed by atoms with Crippen molar-refractivity contribution in [2.45, 2.75) is 26.8 Å². The van der Waals surface area contributed by atoms with Crippen LogP contribution < -0.4 is 10.6 Å². The van der Waals surface area contributed by atoms with Crippen LogP contribution in [0.3, 0.4) is 0 Å². The molecule has 0 spiro atoms. The molecular formula is C14H21FN2O2. The third kappa shape index (κ3) is 4.87. The van der Waals surface area contributed by atoms with Crippen LogP contribution in [0.2, 0.25) is 0 Å². The maximum Gasteiger partial charge on any atom is 0.221 e. The van der Waals surface area contributed by atoms with Gasteiger partial charge in [-0.1, -0.05) is 13.8 Å². The number of benzene rings is 1. The van der Waals surface area contributed by atoms with Gasteiger partial charge in [0.25, 0.3) is 0 Å². The number of carbonyl (C=O) groups excluding carboxylic acids is 1. The highest BCUT2D eigenvalue weighted by Gasteiger charge is 2.14. The first-order valence-corrected chi connectivity index (χ1v) is 6.26. The van der Waals surface area contributed by atoms with Crippen LogP contribution >= 0.6 is 0 Å². The molecule has 0 aliphatic carbocycles. The predicted octanol–water partition coefficient (Wildman–Crippen LogP) is 2.87. The van der Waals surface area contributed by atoms with Gasteiger partial charge in [0.05, 0.1) is 18.3 Å². The fourth-order valence-corrected chi connectivity index (χ4v) is 1.69. The zero-order valence-corrected chi connectivity index (χ0v) is 11.8. The minimum absolute atomic E-state index is 0.126. The van der Waals surface area contributed by atoms with E-state index >= 15 is 0 Å². The highest BCUT2D eigenvalue weighted by molar-refractivity contribution is 5.89. The summed E-state index contributed by atoms with van der Waals surface area (Å²) in [5.41, 5.74) is 0.929. The molecule has 0 saturated carbocycles. The first-order valence-electron chi connectivity index (χ1n) is 6.26. The molecule has 1 aromatic rings. The van der Waals surface area contributed by atoms with E-state index in [1.807, 2.05) is 0 Å². The lowest BCUT2D eigenvalue weighted by Crippen LogP contribution is -2.30. The largest absolute Gasteiger partial charge is 0.383 e. The second-order valence-corrected chi connectivity index (χ2v) is 4.83. The van der Waals surface area contributed by atoms with Gasteiger partial charge in [-0.2, -0.15) is 0 Å². The van der Waals surface area contributed by atoms with Crippen LogP contribution in [-0.4, -0.2) is 25.7 Å². The van der Waals surface area contributed by atoms with E-state index in [0.717, 1.165) is 5.69 Å². The molecule has 1 amide bonds. The Kier molecular flexibility index (Phi) is 5.76. The molecule has 0 aromatic heterocycles. The summed E-state index contributed by atoms with van der Waals surface area (Å²) in [6.07, 6.45) is 0. The Morgan fingerprint density at radius 3 is 2.63 bits per heavy atom. The van der Waals surface area contributed by atoms with Crippen LogP contribution in [0.15, 0.2) is 18.2 Å². The summed E-state index contributed by atoms with van der Waals surface area (Å²) >= 11 is 0. The minimum atomic E-state index is -0.450. The van der Waals surface area contributed by atoms with Crippen LogP contribution in [0.4, 0.5) is 15.8 Å². The highest BCUT2D eigenvalue weighted by Crippen LogP contribution is 2.21. The molecule has 19 heavy (non-hydrogen) atoms. The van der Waals surface area contributed by atoms with E-state index in [9.17, 15) is 9.18 Å². The monoisotopic (exact) mass is 268 g/mol. The molecule has 4 nitrogen and oxygen atoms in total. The van der Waals surface area contributed by atoms with Gasteiger partial charge < -0.3 is 15.4 Å². The summed E-state index contributed by atoms with van der Waals surface area (Å²) in [4.78, 5) is 11.0. The molecular weight excluding hydrogens is 247 g/mol. The van der Waals surface area contributed by atoms with Crippen LogP contribution in [0.1, 0.15) is 20.8 Å². The van der Waals surface area contributed by atoms with Gasteiger partial charge in [-0.3, -0.25) is 4.79 Å². The molecule has 2 N–H and O–H groups in total. The number of hydrogen-bond acceptors (Lipinski definition) is 3. The number of methoxy groups -OCH3 is 1. The average Bonchev–Trinajstić information content (AvgIpc) is 2.32. The first kappa shape index (κ1) is 15.4. The molecule has 1 unspecified atom stereocenters. The van der Waals surface area contributed by atoms with E-state index in [1.54, 1.807) is 19.2 Å². The number of hydrogen-bond donors (Lipinski definition) is 2. The normalized spacial score (nSPS) is 12.3. The van der Waals surface area contributed by atoms with Crippen molar-refractivity contribution in [3.63, 3.8) is 0 Å². The second-order valence-electron chi connectivity index (χ2n) is 4.83. The van der Waals surface area contributed by atoms with Gasteiger partial charge in [-0.05, 0) is 24.1 Å². The number of amides is 1. The maximum absolute atomic E-state index is 13.5. The number of nitrogens with one attached hydrogen (secondary N) is 2. The fraction of sp³-hybridized carbons (Fsp3) is 0.500. The van der Waals surface area contributed by atoms with Crippen molar-refractivity contribution in [1.82, 2.24) is 0 Å².